The third-order valence-electron chi connectivity index (χ3n) is 4.67. The van der Waals surface area contributed by atoms with Crippen molar-refractivity contribution in [2.75, 3.05) is 13.7 Å². The van der Waals surface area contributed by atoms with Crippen molar-refractivity contribution in [3.05, 3.63) is 100 Å². The SMILES string of the molecule is COc1cc(/C=C2\N=C(c3ccccc3Cl)OC2=O)ccc1OCC(=O)c1ccccc1. The molecule has 3 aromatic rings. The zero-order valence-electron chi connectivity index (χ0n) is 17.1. The molecule has 4 rings (SSSR count). The number of benzene rings is 3. The van der Waals surface area contributed by atoms with E-state index in [4.69, 9.17) is 25.8 Å². The van der Waals surface area contributed by atoms with Crippen LogP contribution in [-0.4, -0.2) is 31.4 Å². The van der Waals surface area contributed by atoms with E-state index in [0.29, 0.717) is 33.2 Å². The summed E-state index contributed by atoms with van der Waals surface area (Å²) < 4.78 is 16.3. The first-order valence-electron chi connectivity index (χ1n) is 9.71. The number of methoxy groups -OCH3 is 1. The van der Waals surface area contributed by atoms with Gasteiger partial charge in [-0.15, -0.1) is 0 Å². The number of hydrogen-bond acceptors (Lipinski definition) is 6. The molecule has 0 unspecified atom stereocenters. The van der Waals surface area contributed by atoms with Crippen LogP contribution in [0.15, 0.2) is 83.5 Å². The van der Waals surface area contributed by atoms with Gasteiger partial charge in [0, 0.05) is 5.56 Å². The molecule has 0 spiro atoms. The quantitative estimate of drug-likeness (QED) is 0.291. The monoisotopic (exact) mass is 447 g/mol. The predicted molar refractivity (Wildman–Crippen MR) is 121 cm³/mol. The third kappa shape index (κ3) is 4.71. The summed E-state index contributed by atoms with van der Waals surface area (Å²) >= 11 is 6.16. The minimum absolute atomic E-state index is 0.126. The minimum atomic E-state index is -0.576. The summed E-state index contributed by atoms with van der Waals surface area (Å²) in [5.74, 6) is 0.259. The Morgan fingerprint density at radius 3 is 2.53 bits per heavy atom. The molecule has 1 aliphatic heterocycles. The molecule has 0 aliphatic carbocycles. The molecular weight excluding hydrogens is 430 g/mol. The van der Waals surface area contributed by atoms with Crippen LogP contribution >= 0.6 is 11.6 Å². The van der Waals surface area contributed by atoms with E-state index < -0.39 is 5.97 Å². The minimum Gasteiger partial charge on any atom is -0.493 e. The lowest BCUT2D eigenvalue weighted by Gasteiger charge is -2.11. The van der Waals surface area contributed by atoms with Gasteiger partial charge >= 0.3 is 5.97 Å². The van der Waals surface area contributed by atoms with Gasteiger partial charge in [0.2, 0.25) is 5.90 Å². The second-order valence-corrected chi connectivity index (χ2v) is 7.21. The summed E-state index contributed by atoms with van der Waals surface area (Å²) in [6, 6.07) is 21.0. The van der Waals surface area contributed by atoms with Gasteiger partial charge in [0.05, 0.1) is 17.7 Å². The van der Waals surface area contributed by atoms with Gasteiger partial charge < -0.3 is 14.2 Å². The van der Waals surface area contributed by atoms with E-state index in [1.807, 2.05) is 6.07 Å². The van der Waals surface area contributed by atoms with Gasteiger partial charge in [-0.1, -0.05) is 60.1 Å². The fourth-order valence-corrected chi connectivity index (χ4v) is 3.28. The topological polar surface area (TPSA) is 74.2 Å². The Balaban J connectivity index is 1.52. The van der Waals surface area contributed by atoms with Crippen LogP contribution in [0.2, 0.25) is 5.02 Å². The van der Waals surface area contributed by atoms with Crippen LogP contribution in [0.4, 0.5) is 0 Å². The van der Waals surface area contributed by atoms with Gasteiger partial charge in [0.15, 0.2) is 29.6 Å². The summed E-state index contributed by atoms with van der Waals surface area (Å²) in [7, 11) is 1.50. The van der Waals surface area contributed by atoms with E-state index in [1.165, 1.54) is 7.11 Å². The molecule has 1 heterocycles. The van der Waals surface area contributed by atoms with E-state index in [2.05, 4.69) is 4.99 Å². The number of rotatable bonds is 7. The van der Waals surface area contributed by atoms with Crippen molar-refractivity contribution in [2.24, 2.45) is 4.99 Å². The first-order chi connectivity index (χ1) is 15.5. The van der Waals surface area contributed by atoms with Crippen LogP contribution in [0, 0.1) is 0 Å². The molecule has 1 aliphatic rings. The normalized spacial score (nSPS) is 14.1. The maximum atomic E-state index is 12.3. The van der Waals surface area contributed by atoms with Crippen LogP contribution in [0.25, 0.3) is 6.08 Å². The zero-order valence-corrected chi connectivity index (χ0v) is 17.8. The second-order valence-electron chi connectivity index (χ2n) is 6.80. The number of nitrogens with zero attached hydrogens (tertiary/aromatic N) is 1. The Bertz CT molecular complexity index is 1230. The van der Waals surface area contributed by atoms with E-state index in [-0.39, 0.29) is 24.0 Å². The summed E-state index contributed by atoms with van der Waals surface area (Å²) in [5, 5.41) is 0.438. The molecular formula is C25H18ClNO5. The molecule has 160 valence electrons. The Labute approximate surface area is 189 Å². The van der Waals surface area contributed by atoms with Crippen LogP contribution in [0.3, 0.4) is 0 Å². The Kier molecular flexibility index (Phi) is 6.33. The summed E-state index contributed by atoms with van der Waals surface area (Å²) in [4.78, 5) is 28.8. The van der Waals surface area contributed by atoms with Gasteiger partial charge in [-0.05, 0) is 35.9 Å². The second kappa shape index (κ2) is 9.49. The van der Waals surface area contributed by atoms with Gasteiger partial charge in [-0.3, -0.25) is 4.79 Å². The molecule has 0 radical (unpaired) electrons. The van der Waals surface area contributed by atoms with E-state index in [1.54, 1.807) is 72.8 Å². The van der Waals surface area contributed by atoms with Crippen molar-refractivity contribution in [1.29, 1.82) is 0 Å². The van der Waals surface area contributed by atoms with E-state index in [0.717, 1.165) is 0 Å². The fraction of sp³-hybridized carbons (Fsp3) is 0.0800. The number of hydrogen-bond donors (Lipinski definition) is 0. The largest absolute Gasteiger partial charge is 0.493 e. The highest BCUT2D eigenvalue weighted by Crippen LogP contribution is 2.30. The lowest BCUT2D eigenvalue weighted by molar-refractivity contribution is -0.129. The fourth-order valence-electron chi connectivity index (χ4n) is 3.06. The van der Waals surface area contributed by atoms with E-state index in [9.17, 15) is 9.59 Å². The van der Waals surface area contributed by atoms with Crippen LogP contribution < -0.4 is 9.47 Å². The maximum Gasteiger partial charge on any atom is 0.363 e. The molecule has 0 aromatic heterocycles. The van der Waals surface area contributed by atoms with Crippen LogP contribution in [0.1, 0.15) is 21.5 Å². The van der Waals surface area contributed by atoms with Gasteiger partial charge in [0.1, 0.15) is 0 Å². The third-order valence-corrected chi connectivity index (χ3v) is 5.00. The van der Waals surface area contributed by atoms with Crippen molar-refractivity contribution in [3.8, 4) is 11.5 Å². The summed E-state index contributed by atoms with van der Waals surface area (Å²) in [6.45, 7) is -0.126. The number of carbonyl (C=O) groups is 2. The number of esters is 1. The predicted octanol–water partition coefficient (Wildman–Crippen LogP) is 4.95. The molecule has 0 N–H and O–H groups in total. The number of Topliss-reactive ketones (excluding diaryl/α,β-unsaturated/α-hetero) is 1. The molecule has 0 fully saturated rings. The number of carbonyl (C=O) groups excluding carboxylic acids is 2. The molecule has 3 aromatic carbocycles. The van der Waals surface area contributed by atoms with Crippen LogP contribution in [-0.2, 0) is 9.53 Å². The van der Waals surface area contributed by atoms with E-state index >= 15 is 0 Å². The molecule has 0 bridgehead atoms. The van der Waals surface area contributed by atoms with Gasteiger partial charge in [-0.2, -0.15) is 0 Å². The molecule has 6 nitrogen and oxygen atoms in total. The van der Waals surface area contributed by atoms with Gasteiger partial charge in [-0.25, -0.2) is 9.79 Å². The Hall–Kier alpha value is -3.90. The first-order valence-corrected chi connectivity index (χ1v) is 10.1. The molecule has 7 heteroatoms. The molecule has 32 heavy (non-hydrogen) atoms. The molecule has 0 amide bonds. The van der Waals surface area contributed by atoms with Gasteiger partial charge in [0.25, 0.3) is 0 Å². The number of aliphatic imine (C=N–C) groups is 1. The average molecular weight is 448 g/mol. The molecule has 0 saturated carbocycles. The summed E-state index contributed by atoms with van der Waals surface area (Å²) in [6.07, 6.45) is 1.58. The van der Waals surface area contributed by atoms with Crippen molar-refractivity contribution in [3.63, 3.8) is 0 Å². The highest BCUT2D eigenvalue weighted by Gasteiger charge is 2.25. The highest BCUT2D eigenvalue weighted by atomic mass is 35.5. The number of halogens is 1. The zero-order chi connectivity index (χ0) is 22.5. The van der Waals surface area contributed by atoms with Crippen LogP contribution in [0.5, 0.6) is 11.5 Å². The smallest absolute Gasteiger partial charge is 0.363 e. The number of ether oxygens (including phenoxy) is 3. The highest BCUT2D eigenvalue weighted by molar-refractivity contribution is 6.34. The Morgan fingerprint density at radius 2 is 1.78 bits per heavy atom. The lowest BCUT2D eigenvalue weighted by atomic mass is 10.1. The van der Waals surface area contributed by atoms with Crippen molar-refractivity contribution in [1.82, 2.24) is 0 Å². The molecule has 0 atom stereocenters. The lowest BCUT2D eigenvalue weighted by Crippen LogP contribution is -2.11. The van der Waals surface area contributed by atoms with Crippen molar-refractivity contribution in [2.45, 2.75) is 0 Å². The first kappa shape index (κ1) is 21.3. The van der Waals surface area contributed by atoms with Crippen molar-refractivity contribution >= 4 is 35.3 Å². The average Bonchev–Trinajstić information content (AvgIpc) is 3.18. The Morgan fingerprint density at radius 1 is 1.03 bits per heavy atom. The number of cyclic esters (lactones) is 1. The molecule has 0 saturated heterocycles. The van der Waals surface area contributed by atoms with Crippen molar-refractivity contribution < 1.29 is 23.8 Å². The summed E-state index contributed by atoms with van der Waals surface area (Å²) in [5.41, 5.74) is 1.89. The standard InChI is InChI=1S/C25H18ClNO5/c1-30-23-14-16(11-12-22(23)31-15-21(28)17-7-3-2-4-8-17)13-20-25(29)32-24(27-20)18-9-5-6-10-19(18)26/h2-14H,15H2,1H3/b20-13-. The number of ketones is 1. The maximum absolute atomic E-state index is 12.3.